The lowest BCUT2D eigenvalue weighted by Crippen LogP contribution is -2.36. The van der Waals surface area contributed by atoms with Crippen molar-refractivity contribution in [2.75, 3.05) is 60.5 Å². The number of carbonyl (C=O) groups excluding carboxylic acids is 3. The Labute approximate surface area is 191 Å². The van der Waals surface area contributed by atoms with Crippen molar-refractivity contribution in [2.24, 2.45) is 0 Å². The predicted molar refractivity (Wildman–Crippen MR) is 127 cm³/mol. The van der Waals surface area contributed by atoms with Crippen LogP contribution in [0.5, 0.6) is 0 Å². The molecule has 0 spiro atoms. The fraction of sp³-hybridized carbons (Fsp3) is 0.348. The van der Waals surface area contributed by atoms with Crippen LogP contribution in [0, 0.1) is 6.92 Å². The molecule has 2 aromatic rings. The van der Waals surface area contributed by atoms with Crippen LogP contribution in [0.25, 0.3) is 0 Å². The molecule has 1 fully saturated rings. The highest BCUT2D eigenvalue weighted by atomic mass is 32.2. The van der Waals surface area contributed by atoms with Crippen LogP contribution < -0.4 is 15.5 Å². The summed E-state index contributed by atoms with van der Waals surface area (Å²) >= 11 is 1.20. The lowest BCUT2D eigenvalue weighted by molar-refractivity contribution is -0.114. The van der Waals surface area contributed by atoms with Crippen molar-refractivity contribution in [3.05, 3.63) is 53.6 Å². The molecule has 0 bridgehead atoms. The molecule has 2 aromatic carbocycles. The molecular formula is C23H27N3O5S. The Balaban J connectivity index is 1.55. The number of hydrogen-bond donors (Lipinski definition) is 2. The molecule has 170 valence electrons. The van der Waals surface area contributed by atoms with Crippen molar-refractivity contribution >= 4 is 46.6 Å². The molecule has 1 saturated heterocycles. The van der Waals surface area contributed by atoms with Crippen LogP contribution in [0.4, 0.5) is 17.1 Å². The zero-order valence-corrected chi connectivity index (χ0v) is 19.0. The SMILES string of the molecule is COC(=O)c1cc(N2CCOCC2)ccc1NC(=O)CSCC(=O)Nc1cccc(C)c1. The number of nitrogens with one attached hydrogen (secondary N) is 2. The quantitative estimate of drug-likeness (QED) is 0.588. The van der Waals surface area contributed by atoms with Crippen molar-refractivity contribution in [3.63, 3.8) is 0 Å². The number of aryl methyl sites for hydroxylation is 1. The van der Waals surface area contributed by atoms with Crippen LogP contribution in [-0.2, 0) is 19.1 Å². The molecule has 0 atom stereocenters. The van der Waals surface area contributed by atoms with Gasteiger partial charge in [-0.2, -0.15) is 0 Å². The van der Waals surface area contributed by atoms with Crippen LogP contribution in [0.1, 0.15) is 15.9 Å². The summed E-state index contributed by atoms with van der Waals surface area (Å²) in [5, 5.41) is 5.56. The van der Waals surface area contributed by atoms with Crippen molar-refractivity contribution < 1.29 is 23.9 Å². The summed E-state index contributed by atoms with van der Waals surface area (Å²) in [6.07, 6.45) is 0. The summed E-state index contributed by atoms with van der Waals surface area (Å²) in [4.78, 5) is 38.9. The predicted octanol–water partition coefficient (Wildman–Crippen LogP) is 2.93. The Morgan fingerprint density at radius 1 is 1.03 bits per heavy atom. The molecular weight excluding hydrogens is 430 g/mol. The Morgan fingerprint density at radius 2 is 1.75 bits per heavy atom. The first-order chi connectivity index (χ1) is 15.5. The molecule has 1 aliphatic rings. The van der Waals surface area contributed by atoms with Crippen molar-refractivity contribution in [1.29, 1.82) is 0 Å². The number of amides is 2. The second kappa shape index (κ2) is 11.5. The van der Waals surface area contributed by atoms with E-state index in [0.717, 1.165) is 30.0 Å². The maximum atomic E-state index is 12.4. The molecule has 3 rings (SSSR count). The third-order valence-electron chi connectivity index (χ3n) is 4.83. The summed E-state index contributed by atoms with van der Waals surface area (Å²) in [6.45, 7) is 4.66. The Hall–Kier alpha value is -3.04. The first-order valence-corrected chi connectivity index (χ1v) is 11.4. The van der Waals surface area contributed by atoms with Gasteiger partial charge in [-0.3, -0.25) is 9.59 Å². The van der Waals surface area contributed by atoms with E-state index in [1.165, 1.54) is 18.9 Å². The molecule has 0 aliphatic carbocycles. The minimum Gasteiger partial charge on any atom is -0.465 e. The van der Waals surface area contributed by atoms with Gasteiger partial charge in [0.15, 0.2) is 0 Å². The molecule has 0 unspecified atom stereocenters. The maximum Gasteiger partial charge on any atom is 0.340 e. The Morgan fingerprint density at radius 3 is 2.44 bits per heavy atom. The number of thioether (sulfide) groups is 1. The van der Waals surface area contributed by atoms with E-state index in [4.69, 9.17) is 9.47 Å². The number of hydrogen-bond acceptors (Lipinski definition) is 7. The highest BCUT2D eigenvalue weighted by Crippen LogP contribution is 2.25. The van der Waals surface area contributed by atoms with Gasteiger partial charge < -0.3 is 25.0 Å². The van der Waals surface area contributed by atoms with Gasteiger partial charge in [-0.1, -0.05) is 12.1 Å². The van der Waals surface area contributed by atoms with E-state index in [9.17, 15) is 14.4 Å². The van der Waals surface area contributed by atoms with Gasteiger partial charge in [-0.25, -0.2) is 4.79 Å². The zero-order chi connectivity index (χ0) is 22.9. The third kappa shape index (κ3) is 6.73. The second-order valence-electron chi connectivity index (χ2n) is 7.28. The van der Waals surface area contributed by atoms with E-state index in [1.54, 1.807) is 12.1 Å². The minimum absolute atomic E-state index is 0.0765. The van der Waals surface area contributed by atoms with Gasteiger partial charge in [0.1, 0.15) is 0 Å². The molecule has 0 aromatic heterocycles. The summed E-state index contributed by atoms with van der Waals surface area (Å²) < 4.78 is 10.3. The maximum absolute atomic E-state index is 12.4. The molecule has 2 N–H and O–H groups in total. The van der Waals surface area contributed by atoms with Crippen molar-refractivity contribution in [2.45, 2.75) is 6.92 Å². The van der Waals surface area contributed by atoms with Gasteiger partial charge in [-0.05, 0) is 42.8 Å². The third-order valence-corrected chi connectivity index (χ3v) is 5.76. The Bertz CT molecular complexity index is 976. The van der Waals surface area contributed by atoms with Gasteiger partial charge in [0.2, 0.25) is 11.8 Å². The number of anilines is 3. The van der Waals surface area contributed by atoms with Gasteiger partial charge in [0, 0.05) is 24.5 Å². The number of carbonyl (C=O) groups is 3. The summed E-state index contributed by atoms with van der Waals surface area (Å²) in [7, 11) is 1.30. The second-order valence-corrected chi connectivity index (χ2v) is 8.27. The highest BCUT2D eigenvalue weighted by molar-refractivity contribution is 8.00. The standard InChI is InChI=1S/C23H27N3O5S/c1-16-4-3-5-17(12-16)24-21(27)14-32-15-22(28)25-20-7-6-18(13-19(20)23(29)30-2)26-8-10-31-11-9-26/h3-7,12-13H,8-11,14-15H2,1-2H3,(H,24,27)(H,25,28). The van der Waals surface area contributed by atoms with Gasteiger partial charge in [0.05, 0.1) is 43.1 Å². The molecule has 0 saturated carbocycles. The molecule has 2 amide bonds. The van der Waals surface area contributed by atoms with Crippen LogP contribution in [0.3, 0.4) is 0 Å². The van der Waals surface area contributed by atoms with Gasteiger partial charge in [0.25, 0.3) is 0 Å². The van der Waals surface area contributed by atoms with Crippen LogP contribution in [0.15, 0.2) is 42.5 Å². The van der Waals surface area contributed by atoms with Gasteiger partial charge >= 0.3 is 5.97 Å². The minimum atomic E-state index is -0.527. The molecule has 1 heterocycles. The van der Waals surface area contributed by atoms with Crippen molar-refractivity contribution in [3.8, 4) is 0 Å². The average Bonchev–Trinajstić information content (AvgIpc) is 2.79. The number of rotatable bonds is 8. The Kier molecular flexibility index (Phi) is 8.52. The highest BCUT2D eigenvalue weighted by Gasteiger charge is 2.18. The molecule has 32 heavy (non-hydrogen) atoms. The fourth-order valence-corrected chi connectivity index (χ4v) is 3.90. The van der Waals surface area contributed by atoms with E-state index in [-0.39, 0.29) is 28.9 Å². The van der Waals surface area contributed by atoms with Crippen LogP contribution in [0.2, 0.25) is 0 Å². The summed E-state index contributed by atoms with van der Waals surface area (Å²) in [5.74, 6) is -0.796. The number of methoxy groups -OCH3 is 1. The average molecular weight is 458 g/mol. The largest absolute Gasteiger partial charge is 0.465 e. The normalized spacial score (nSPS) is 13.4. The van der Waals surface area contributed by atoms with E-state index in [0.29, 0.717) is 18.9 Å². The van der Waals surface area contributed by atoms with Crippen LogP contribution in [-0.4, -0.2) is 62.7 Å². The number of ether oxygens (including phenoxy) is 2. The number of esters is 1. The molecule has 8 nitrogen and oxygen atoms in total. The number of benzene rings is 2. The molecule has 1 aliphatic heterocycles. The van der Waals surface area contributed by atoms with Gasteiger partial charge in [-0.15, -0.1) is 11.8 Å². The molecule has 0 radical (unpaired) electrons. The van der Waals surface area contributed by atoms with Crippen molar-refractivity contribution in [1.82, 2.24) is 0 Å². The summed E-state index contributed by atoms with van der Waals surface area (Å²) in [5.41, 5.74) is 3.31. The van der Waals surface area contributed by atoms with E-state index in [2.05, 4.69) is 15.5 Å². The fourth-order valence-electron chi connectivity index (χ4n) is 3.28. The lowest BCUT2D eigenvalue weighted by Gasteiger charge is -2.29. The zero-order valence-electron chi connectivity index (χ0n) is 18.2. The monoisotopic (exact) mass is 457 g/mol. The summed E-state index contributed by atoms with van der Waals surface area (Å²) in [6, 6.07) is 12.8. The smallest absolute Gasteiger partial charge is 0.340 e. The lowest BCUT2D eigenvalue weighted by atomic mass is 10.1. The van der Waals surface area contributed by atoms with E-state index < -0.39 is 5.97 Å². The number of nitrogens with zero attached hydrogens (tertiary/aromatic N) is 1. The first-order valence-electron chi connectivity index (χ1n) is 10.3. The van der Waals surface area contributed by atoms with Crippen LogP contribution >= 0.6 is 11.8 Å². The van der Waals surface area contributed by atoms with E-state index in [1.807, 2.05) is 37.3 Å². The topological polar surface area (TPSA) is 97.0 Å². The van der Waals surface area contributed by atoms with E-state index >= 15 is 0 Å². The molecule has 9 heteroatoms. The first kappa shape index (κ1) is 23.6. The number of morpholine rings is 1.